The highest BCUT2D eigenvalue weighted by Gasteiger charge is 2.34. The molecule has 1 aromatic heterocycles. The van der Waals surface area contributed by atoms with E-state index in [1.54, 1.807) is 0 Å². The lowest BCUT2D eigenvalue weighted by Gasteiger charge is -2.38. The van der Waals surface area contributed by atoms with Crippen molar-refractivity contribution in [2.45, 2.75) is 44.7 Å². The maximum Gasteiger partial charge on any atom is 0.0954 e. The number of nitrogens with zero attached hydrogens (tertiary/aromatic N) is 2. The van der Waals surface area contributed by atoms with Gasteiger partial charge in [-0.1, -0.05) is 0 Å². The van der Waals surface area contributed by atoms with Crippen LogP contribution in [0.4, 0.5) is 0 Å². The first-order valence-corrected chi connectivity index (χ1v) is 6.29. The maximum atomic E-state index is 5.64. The topological polar surface area (TPSA) is 39.1 Å². The fraction of sp³-hybridized carbons (Fsp3) is 0.769. The molecule has 0 aromatic carbocycles. The van der Waals surface area contributed by atoms with Crippen molar-refractivity contribution in [2.75, 3.05) is 20.3 Å². The van der Waals surface area contributed by atoms with Gasteiger partial charge >= 0.3 is 0 Å². The Morgan fingerprint density at radius 2 is 2.29 bits per heavy atom. The standard InChI is InChI=1S/C13H23N3O/c1-12(2,14-4)11-8-15-10-16(11)13(3)6-5-7-17-9-13/h8,10,14H,5-7,9H2,1-4H3. The van der Waals surface area contributed by atoms with Gasteiger partial charge in [-0.3, -0.25) is 0 Å². The quantitative estimate of drug-likeness (QED) is 0.872. The van der Waals surface area contributed by atoms with E-state index in [4.69, 9.17) is 4.74 Å². The number of hydrogen-bond acceptors (Lipinski definition) is 3. The first kappa shape index (κ1) is 12.6. The lowest BCUT2D eigenvalue weighted by molar-refractivity contribution is 0.00675. The highest BCUT2D eigenvalue weighted by atomic mass is 16.5. The summed E-state index contributed by atoms with van der Waals surface area (Å²) in [4.78, 5) is 4.32. The van der Waals surface area contributed by atoms with Crippen molar-refractivity contribution in [1.82, 2.24) is 14.9 Å². The number of aromatic nitrogens is 2. The zero-order valence-electron chi connectivity index (χ0n) is 11.3. The Bertz CT molecular complexity index is 378. The van der Waals surface area contributed by atoms with E-state index in [0.717, 1.165) is 26.1 Å². The van der Waals surface area contributed by atoms with Crippen molar-refractivity contribution in [3.63, 3.8) is 0 Å². The Morgan fingerprint density at radius 1 is 1.53 bits per heavy atom. The number of imidazole rings is 1. The monoisotopic (exact) mass is 237 g/mol. The molecule has 1 atom stereocenters. The van der Waals surface area contributed by atoms with Crippen LogP contribution in [0.25, 0.3) is 0 Å². The van der Waals surface area contributed by atoms with Crippen molar-refractivity contribution >= 4 is 0 Å². The second-order valence-electron chi connectivity index (χ2n) is 5.68. The molecule has 2 rings (SSSR count). The minimum absolute atomic E-state index is 0.0399. The van der Waals surface area contributed by atoms with Crippen LogP contribution in [0.5, 0.6) is 0 Å². The Morgan fingerprint density at radius 3 is 2.88 bits per heavy atom. The molecule has 2 heterocycles. The SMILES string of the molecule is CNC(C)(C)c1cncn1C1(C)CCCOC1. The molecule has 1 aliphatic heterocycles. The average Bonchev–Trinajstić information content (AvgIpc) is 2.80. The molecule has 1 aromatic rings. The maximum absolute atomic E-state index is 5.64. The fourth-order valence-corrected chi connectivity index (χ4v) is 2.43. The van der Waals surface area contributed by atoms with Crippen LogP contribution in [0, 0.1) is 0 Å². The zero-order valence-corrected chi connectivity index (χ0v) is 11.3. The van der Waals surface area contributed by atoms with Crippen molar-refractivity contribution < 1.29 is 4.74 Å². The third kappa shape index (κ3) is 2.24. The zero-order chi connectivity index (χ0) is 12.5. The molecular weight excluding hydrogens is 214 g/mol. The molecule has 0 amide bonds. The van der Waals surface area contributed by atoms with Crippen molar-refractivity contribution in [2.24, 2.45) is 0 Å². The third-order valence-corrected chi connectivity index (χ3v) is 3.90. The summed E-state index contributed by atoms with van der Waals surface area (Å²) in [5, 5.41) is 3.34. The number of hydrogen-bond donors (Lipinski definition) is 1. The molecule has 1 fully saturated rings. The van der Waals surface area contributed by atoms with Gasteiger partial charge in [-0.2, -0.15) is 0 Å². The minimum Gasteiger partial charge on any atom is -0.379 e. The number of rotatable bonds is 3. The lowest BCUT2D eigenvalue weighted by atomic mass is 9.92. The Kier molecular flexibility index (Phi) is 3.27. The van der Waals surface area contributed by atoms with Crippen LogP contribution in [0.1, 0.15) is 39.3 Å². The van der Waals surface area contributed by atoms with Gasteiger partial charge in [-0.05, 0) is 40.7 Å². The largest absolute Gasteiger partial charge is 0.379 e. The molecule has 0 aliphatic carbocycles. The van der Waals surface area contributed by atoms with E-state index >= 15 is 0 Å². The van der Waals surface area contributed by atoms with Crippen molar-refractivity contribution in [1.29, 1.82) is 0 Å². The first-order chi connectivity index (χ1) is 7.99. The average molecular weight is 237 g/mol. The second kappa shape index (κ2) is 4.42. The smallest absolute Gasteiger partial charge is 0.0954 e. The Labute approximate surface area is 103 Å². The van der Waals surface area contributed by atoms with Crippen LogP contribution < -0.4 is 5.32 Å². The van der Waals surface area contributed by atoms with Crippen LogP contribution in [0.15, 0.2) is 12.5 Å². The molecule has 4 nitrogen and oxygen atoms in total. The molecule has 1 aliphatic rings. The second-order valence-corrected chi connectivity index (χ2v) is 5.68. The van der Waals surface area contributed by atoms with Crippen molar-refractivity contribution in [3.8, 4) is 0 Å². The highest BCUT2D eigenvalue weighted by Crippen LogP contribution is 2.31. The Hall–Kier alpha value is -0.870. The molecule has 0 spiro atoms. The summed E-state index contributed by atoms with van der Waals surface area (Å²) >= 11 is 0. The summed E-state index contributed by atoms with van der Waals surface area (Å²) in [5.41, 5.74) is 1.18. The van der Waals surface area contributed by atoms with E-state index in [1.807, 2.05) is 19.6 Å². The van der Waals surface area contributed by atoms with Gasteiger partial charge < -0.3 is 14.6 Å². The van der Waals surface area contributed by atoms with Gasteiger partial charge in [0.25, 0.3) is 0 Å². The van der Waals surface area contributed by atoms with E-state index in [2.05, 4.69) is 35.6 Å². The van der Waals surface area contributed by atoms with Gasteiger partial charge in [0.05, 0.1) is 35.9 Å². The molecular formula is C13H23N3O. The summed E-state index contributed by atoms with van der Waals surface area (Å²) in [6.45, 7) is 8.26. The van der Waals surface area contributed by atoms with Gasteiger partial charge in [0.2, 0.25) is 0 Å². The summed E-state index contributed by atoms with van der Waals surface area (Å²) < 4.78 is 7.92. The number of nitrogens with one attached hydrogen (secondary N) is 1. The molecule has 0 saturated carbocycles. The van der Waals surface area contributed by atoms with Crippen LogP contribution in [-0.4, -0.2) is 29.8 Å². The highest BCUT2D eigenvalue weighted by molar-refractivity contribution is 5.14. The van der Waals surface area contributed by atoms with E-state index < -0.39 is 0 Å². The van der Waals surface area contributed by atoms with Crippen molar-refractivity contribution in [3.05, 3.63) is 18.2 Å². The van der Waals surface area contributed by atoms with E-state index in [1.165, 1.54) is 5.69 Å². The van der Waals surface area contributed by atoms with Crippen LogP contribution in [-0.2, 0) is 15.8 Å². The Balaban J connectivity index is 2.36. The number of ether oxygens (including phenoxy) is 1. The molecule has 96 valence electrons. The molecule has 0 bridgehead atoms. The lowest BCUT2D eigenvalue weighted by Crippen LogP contribution is -2.44. The normalized spacial score (nSPS) is 26.1. The van der Waals surface area contributed by atoms with Gasteiger partial charge in [-0.15, -0.1) is 0 Å². The van der Waals surface area contributed by atoms with Crippen LogP contribution in [0.2, 0.25) is 0 Å². The van der Waals surface area contributed by atoms with E-state index in [9.17, 15) is 0 Å². The van der Waals surface area contributed by atoms with Crippen LogP contribution >= 0.6 is 0 Å². The summed E-state index contributed by atoms with van der Waals surface area (Å²) in [7, 11) is 1.98. The van der Waals surface area contributed by atoms with E-state index in [-0.39, 0.29) is 11.1 Å². The predicted molar refractivity (Wildman–Crippen MR) is 68.0 cm³/mol. The van der Waals surface area contributed by atoms with Gasteiger partial charge in [0.1, 0.15) is 0 Å². The van der Waals surface area contributed by atoms with E-state index in [0.29, 0.717) is 0 Å². The molecule has 1 N–H and O–H groups in total. The molecule has 1 saturated heterocycles. The summed E-state index contributed by atoms with van der Waals surface area (Å²) in [6, 6.07) is 0. The predicted octanol–water partition coefficient (Wildman–Crippen LogP) is 1.86. The fourth-order valence-electron chi connectivity index (χ4n) is 2.43. The molecule has 1 unspecified atom stereocenters. The van der Waals surface area contributed by atoms with Crippen LogP contribution in [0.3, 0.4) is 0 Å². The van der Waals surface area contributed by atoms with Gasteiger partial charge in [-0.25, -0.2) is 4.98 Å². The summed E-state index contributed by atoms with van der Waals surface area (Å²) in [6.07, 6.45) is 6.16. The molecule has 17 heavy (non-hydrogen) atoms. The third-order valence-electron chi connectivity index (χ3n) is 3.90. The minimum atomic E-state index is -0.0725. The van der Waals surface area contributed by atoms with Gasteiger partial charge in [0, 0.05) is 6.61 Å². The molecule has 0 radical (unpaired) electrons. The van der Waals surface area contributed by atoms with Gasteiger partial charge in [0.15, 0.2) is 0 Å². The molecule has 4 heteroatoms. The first-order valence-electron chi connectivity index (χ1n) is 6.29. The summed E-state index contributed by atoms with van der Waals surface area (Å²) in [5.74, 6) is 0.